The Kier molecular flexibility index (Phi) is 10.1. The standard InChI is InChI=1S/C13H15BrN2.C10H12Br2.C3H4N2/c1-13(2,3)10-6-11(14)8-12(7-10)16-5-4-15-9-16;1-10(2,3)7-4-8(11)6-9(12)5-7;1-2-5-3-4-1/h4-9H,1-3H3;4-6H,1-3H3;1-3H,(H,4,5). The molecule has 0 spiro atoms. The molecular weight excluding hydrogens is 608 g/mol. The molecular formula is C26H31Br3N4. The Hall–Kier alpha value is -1.70. The molecule has 2 aromatic heterocycles. The SMILES string of the molecule is CC(C)(C)c1cc(Br)cc(-n2ccnc2)c1.CC(C)(C)c1cc(Br)cc(Br)c1.c1c[nH]cn1. The lowest BCUT2D eigenvalue weighted by molar-refractivity contribution is 0.589. The Bertz CT molecular complexity index is 1070. The molecule has 4 aromatic rings. The number of aromatic amines is 1. The molecule has 0 radical (unpaired) electrons. The number of nitrogens with zero attached hydrogens (tertiary/aromatic N) is 3. The Morgan fingerprint density at radius 1 is 0.697 bits per heavy atom. The van der Waals surface area contributed by atoms with E-state index in [1.54, 1.807) is 24.9 Å². The van der Waals surface area contributed by atoms with E-state index in [1.807, 2.05) is 17.1 Å². The van der Waals surface area contributed by atoms with Crippen LogP contribution < -0.4 is 0 Å². The molecule has 0 bridgehead atoms. The Balaban J connectivity index is 0.000000198. The number of rotatable bonds is 1. The lowest BCUT2D eigenvalue weighted by atomic mass is 9.87. The number of hydrogen-bond acceptors (Lipinski definition) is 2. The number of imidazole rings is 2. The van der Waals surface area contributed by atoms with Crippen LogP contribution >= 0.6 is 47.8 Å². The predicted octanol–water partition coefficient (Wildman–Crippen LogP) is 8.85. The molecule has 2 heterocycles. The van der Waals surface area contributed by atoms with Crippen molar-refractivity contribution in [3.8, 4) is 5.69 Å². The first-order chi connectivity index (χ1) is 15.4. The average Bonchev–Trinajstić information content (AvgIpc) is 3.43. The van der Waals surface area contributed by atoms with E-state index >= 15 is 0 Å². The van der Waals surface area contributed by atoms with Gasteiger partial charge in [0.2, 0.25) is 0 Å². The Labute approximate surface area is 222 Å². The first-order valence-electron chi connectivity index (χ1n) is 10.5. The molecule has 1 N–H and O–H groups in total. The second-order valence-electron chi connectivity index (χ2n) is 9.59. The maximum Gasteiger partial charge on any atom is 0.0991 e. The van der Waals surface area contributed by atoms with E-state index < -0.39 is 0 Å². The molecule has 33 heavy (non-hydrogen) atoms. The zero-order chi connectivity index (χ0) is 24.6. The minimum absolute atomic E-state index is 0.152. The van der Waals surface area contributed by atoms with Crippen LogP contribution in [0.5, 0.6) is 0 Å². The van der Waals surface area contributed by atoms with Gasteiger partial charge in [-0.15, -0.1) is 0 Å². The third kappa shape index (κ3) is 9.59. The van der Waals surface area contributed by atoms with Crippen molar-refractivity contribution in [1.29, 1.82) is 0 Å². The highest BCUT2D eigenvalue weighted by atomic mass is 79.9. The van der Waals surface area contributed by atoms with Crippen LogP contribution in [-0.4, -0.2) is 19.5 Å². The third-order valence-electron chi connectivity index (χ3n) is 4.69. The lowest BCUT2D eigenvalue weighted by Crippen LogP contribution is -2.11. The molecule has 4 nitrogen and oxygen atoms in total. The molecule has 2 aromatic carbocycles. The zero-order valence-corrected chi connectivity index (χ0v) is 24.7. The fraction of sp³-hybridized carbons (Fsp3) is 0.308. The number of aromatic nitrogens is 4. The van der Waals surface area contributed by atoms with Gasteiger partial charge in [-0.3, -0.25) is 0 Å². The minimum atomic E-state index is 0.152. The molecule has 0 aliphatic carbocycles. The molecule has 0 aliphatic rings. The van der Waals surface area contributed by atoms with Crippen LogP contribution in [0.25, 0.3) is 5.69 Å². The van der Waals surface area contributed by atoms with Crippen molar-refractivity contribution < 1.29 is 0 Å². The quantitative estimate of drug-likeness (QED) is 0.226. The number of benzene rings is 2. The summed E-state index contributed by atoms with van der Waals surface area (Å²) >= 11 is 10.5. The van der Waals surface area contributed by atoms with Gasteiger partial charge in [-0.2, -0.15) is 0 Å². The summed E-state index contributed by atoms with van der Waals surface area (Å²) in [5.41, 5.74) is 4.15. The summed E-state index contributed by atoms with van der Waals surface area (Å²) in [5.74, 6) is 0. The number of H-pyrrole nitrogens is 1. The third-order valence-corrected chi connectivity index (χ3v) is 6.06. The van der Waals surface area contributed by atoms with Crippen LogP contribution in [0.4, 0.5) is 0 Å². The summed E-state index contributed by atoms with van der Waals surface area (Å²) in [4.78, 5) is 10.5. The van der Waals surface area contributed by atoms with Crippen LogP contribution in [0.3, 0.4) is 0 Å². The van der Waals surface area contributed by atoms with Crippen molar-refractivity contribution in [3.63, 3.8) is 0 Å². The topological polar surface area (TPSA) is 46.5 Å². The van der Waals surface area contributed by atoms with E-state index in [0.717, 1.165) is 19.1 Å². The van der Waals surface area contributed by atoms with Gasteiger partial charge in [0.25, 0.3) is 0 Å². The van der Waals surface area contributed by atoms with Crippen LogP contribution in [-0.2, 0) is 10.8 Å². The van der Waals surface area contributed by atoms with Crippen molar-refractivity contribution in [2.24, 2.45) is 0 Å². The number of nitrogens with one attached hydrogen (secondary N) is 1. The van der Waals surface area contributed by atoms with Gasteiger partial charge in [0.15, 0.2) is 0 Å². The highest BCUT2D eigenvalue weighted by molar-refractivity contribution is 9.11. The zero-order valence-electron chi connectivity index (χ0n) is 19.9. The van der Waals surface area contributed by atoms with Gasteiger partial charge in [-0.05, 0) is 58.4 Å². The highest BCUT2D eigenvalue weighted by Gasteiger charge is 2.15. The molecule has 4 rings (SSSR count). The van der Waals surface area contributed by atoms with Crippen LogP contribution in [0.1, 0.15) is 52.7 Å². The van der Waals surface area contributed by atoms with E-state index in [-0.39, 0.29) is 10.8 Å². The van der Waals surface area contributed by atoms with E-state index in [2.05, 4.69) is 141 Å². The smallest absolute Gasteiger partial charge is 0.0991 e. The summed E-state index contributed by atoms with van der Waals surface area (Å²) in [7, 11) is 0. The molecule has 0 atom stereocenters. The molecule has 176 valence electrons. The summed E-state index contributed by atoms with van der Waals surface area (Å²) in [6.45, 7) is 13.3. The van der Waals surface area contributed by atoms with Gasteiger partial charge in [-0.25, -0.2) is 9.97 Å². The maximum atomic E-state index is 4.07. The number of halogens is 3. The Morgan fingerprint density at radius 2 is 1.24 bits per heavy atom. The highest BCUT2D eigenvalue weighted by Crippen LogP contribution is 2.29. The summed E-state index contributed by atoms with van der Waals surface area (Å²) in [5, 5.41) is 0. The molecule has 0 saturated carbocycles. The van der Waals surface area contributed by atoms with Gasteiger partial charge < -0.3 is 9.55 Å². The molecule has 0 unspecified atom stereocenters. The van der Waals surface area contributed by atoms with Crippen molar-refractivity contribution in [1.82, 2.24) is 19.5 Å². The first-order valence-corrected chi connectivity index (χ1v) is 12.9. The fourth-order valence-corrected chi connectivity index (χ4v) is 4.54. The van der Waals surface area contributed by atoms with E-state index in [9.17, 15) is 0 Å². The molecule has 0 aliphatic heterocycles. The molecule has 0 amide bonds. The predicted molar refractivity (Wildman–Crippen MR) is 149 cm³/mol. The summed E-state index contributed by atoms with van der Waals surface area (Å²) in [6, 6.07) is 12.8. The average molecular weight is 639 g/mol. The minimum Gasteiger partial charge on any atom is -0.351 e. The second kappa shape index (κ2) is 12.1. The monoisotopic (exact) mass is 636 g/mol. The van der Waals surface area contributed by atoms with Gasteiger partial charge in [0.1, 0.15) is 0 Å². The summed E-state index contributed by atoms with van der Waals surface area (Å²) in [6.07, 6.45) is 10.6. The summed E-state index contributed by atoms with van der Waals surface area (Å²) < 4.78 is 5.37. The van der Waals surface area contributed by atoms with Crippen molar-refractivity contribution in [2.45, 2.75) is 52.4 Å². The van der Waals surface area contributed by atoms with Gasteiger partial charge >= 0.3 is 0 Å². The van der Waals surface area contributed by atoms with Crippen molar-refractivity contribution in [3.05, 3.63) is 98.4 Å². The normalized spacial score (nSPS) is 11.2. The second-order valence-corrected chi connectivity index (χ2v) is 12.3. The van der Waals surface area contributed by atoms with Crippen molar-refractivity contribution >= 4 is 47.8 Å². The molecule has 0 saturated heterocycles. The van der Waals surface area contributed by atoms with E-state index in [1.165, 1.54) is 11.1 Å². The Morgan fingerprint density at radius 3 is 1.64 bits per heavy atom. The van der Waals surface area contributed by atoms with E-state index in [0.29, 0.717) is 0 Å². The molecule has 0 fully saturated rings. The number of hydrogen-bond donors (Lipinski definition) is 1. The van der Waals surface area contributed by atoms with Crippen LogP contribution in [0, 0.1) is 0 Å². The largest absolute Gasteiger partial charge is 0.351 e. The lowest BCUT2D eigenvalue weighted by Gasteiger charge is -2.20. The van der Waals surface area contributed by atoms with Gasteiger partial charge in [-0.1, -0.05) is 89.3 Å². The first kappa shape index (κ1) is 27.5. The van der Waals surface area contributed by atoms with Gasteiger partial charge in [0, 0.05) is 43.9 Å². The molecule has 7 heteroatoms. The maximum absolute atomic E-state index is 4.07. The van der Waals surface area contributed by atoms with Crippen molar-refractivity contribution in [2.75, 3.05) is 0 Å². The van der Waals surface area contributed by atoms with E-state index in [4.69, 9.17) is 0 Å². The van der Waals surface area contributed by atoms with Gasteiger partial charge in [0.05, 0.1) is 12.7 Å². The fourth-order valence-electron chi connectivity index (χ4n) is 2.77. The van der Waals surface area contributed by atoms with Crippen LogP contribution in [0.15, 0.2) is 87.3 Å². The van der Waals surface area contributed by atoms with Crippen LogP contribution in [0.2, 0.25) is 0 Å².